The van der Waals surface area contributed by atoms with Crippen LogP contribution in [0.3, 0.4) is 0 Å². The standard InChI is InChI=1S/C32H34N2O3/c35-21-18-25-16-19-34(20-17-25)29-13-7-12-28(22-29)30-14-15-31(36-23-26-8-3-1-4-9-26)33-32(30)37-24-27-10-5-2-6-11-27/h1-15,22,25,35H,16-21,23-24H2. The van der Waals surface area contributed by atoms with Crippen molar-refractivity contribution in [1.29, 1.82) is 0 Å². The zero-order chi connectivity index (χ0) is 25.3. The molecule has 0 saturated carbocycles. The lowest BCUT2D eigenvalue weighted by molar-refractivity contribution is 0.240. The zero-order valence-corrected chi connectivity index (χ0v) is 21.1. The number of pyridine rings is 1. The van der Waals surface area contributed by atoms with Crippen LogP contribution in [0, 0.1) is 5.92 Å². The first-order valence-corrected chi connectivity index (χ1v) is 13.1. The minimum Gasteiger partial charge on any atom is -0.473 e. The van der Waals surface area contributed by atoms with E-state index in [4.69, 9.17) is 14.5 Å². The summed E-state index contributed by atoms with van der Waals surface area (Å²) in [6.07, 6.45) is 3.14. The van der Waals surface area contributed by atoms with Crippen LogP contribution < -0.4 is 14.4 Å². The van der Waals surface area contributed by atoms with E-state index in [2.05, 4.69) is 41.3 Å². The van der Waals surface area contributed by atoms with Gasteiger partial charge >= 0.3 is 0 Å². The first-order valence-electron chi connectivity index (χ1n) is 13.1. The van der Waals surface area contributed by atoms with E-state index in [0.717, 1.165) is 54.6 Å². The number of ether oxygens (including phenoxy) is 2. The van der Waals surface area contributed by atoms with Gasteiger partial charge in [0.05, 0.1) is 0 Å². The molecule has 5 heteroatoms. The number of rotatable bonds is 10. The molecule has 0 radical (unpaired) electrons. The van der Waals surface area contributed by atoms with Gasteiger partial charge in [-0.15, -0.1) is 0 Å². The quantitative estimate of drug-likeness (QED) is 0.273. The minimum atomic E-state index is 0.282. The third-order valence-corrected chi connectivity index (χ3v) is 6.96. The molecule has 1 saturated heterocycles. The third kappa shape index (κ3) is 6.69. The summed E-state index contributed by atoms with van der Waals surface area (Å²) in [4.78, 5) is 7.21. The second kappa shape index (κ2) is 12.4. The fourth-order valence-electron chi connectivity index (χ4n) is 4.82. The number of aliphatic hydroxyl groups excluding tert-OH is 1. The van der Waals surface area contributed by atoms with Crippen LogP contribution in [0.4, 0.5) is 5.69 Å². The molecule has 1 aliphatic heterocycles. The van der Waals surface area contributed by atoms with Crippen molar-refractivity contribution in [3.63, 3.8) is 0 Å². The van der Waals surface area contributed by atoms with Crippen LogP contribution in [0.2, 0.25) is 0 Å². The highest BCUT2D eigenvalue weighted by Crippen LogP contribution is 2.34. The third-order valence-electron chi connectivity index (χ3n) is 6.96. The van der Waals surface area contributed by atoms with Crippen LogP contribution in [-0.2, 0) is 13.2 Å². The maximum absolute atomic E-state index is 9.28. The first-order chi connectivity index (χ1) is 18.3. The molecule has 5 rings (SSSR count). The van der Waals surface area contributed by atoms with E-state index < -0.39 is 0 Å². The van der Waals surface area contributed by atoms with Gasteiger partial charge in [0.25, 0.3) is 0 Å². The van der Waals surface area contributed by atoms with E-state index in [1.807, 2.05) is 60.7 Å². The maximum atomic E-state index is 9.28. The number of piperidine rings is 1. The summed E-state index contributed by atoms with van der Waals surface area (Å²) in [6.45, 7) is 3.18. The van der Waals surface area contributed by atoms with Gasteiger partial charge in [-0.05, 0) is 60.1 Å². The van der Waals surface area contributed by atoms with Gasteiger partial charge in [-0.2, -0.15) is 4.98 Å². The second-order valence-electron chi connectivity index (χ2n) is 9.54. The topological polar surface area (TPSA) is 54.8 Å². The van der Waals surface area contributed by atoms with Gasteiger partial charge < -0.3 is 19.5 Å². The molecule has 4 aromatic rings. The van der Waals surface area contributed by atoms with Gasteiger partial charge in [0, 0.05) is 37.0 Å². The molecular formula is C32H34N2O3. The first kappa shape index (κ1) is 24.8. The normalized spacial score (nSPS) is 13.9. The number of aliphatic hydroxyl groups is 1. The molecule has 0 atom stereocenters. The zero-order valence-electron chi connectivity index (χ0n) is 21.1. The summed E-state index contributed by atoms with van der Waals surface area (Å²) in [5, 5.41) is 9.28. The van der Waals surface area contributed by atoms with E-state index >= 15 is 0 Å². The second-order valence-corrected chi connectivity index (χ2v) is 9.54. The molecule has 0 aliphatic carbocycles. The molecule has 0 unspecified atom stereocenters. The van der Waals surface area contributed by atoms with Gasteiger partial charge in [-0.1, -0.05) is 72.8 Å². The van der Waals surface area contributed by atoms with E-state index in [9.17, 15) is 5.11 Å². The Balaban J connectivity index is 1.37. The van der Waals surface area contributed by atoms with Crippen LogP contribution in [0.25, 0.3) is 11.1 Å². The highest BCUT2D eigenvalue weighted by atomic mass is 16.5. The van der Waals surface area contributed by atoms with Crippen molar-refractivity contribution in [1.82, 2.24) is 4.98 Å². The fraction of sp³-hybridized carbons (Fsp3) is 0.281. The van der Waals surface area contributed by atoms with Crippen molar-refractivity contribution >= 4 is 5.69 Å². The highest BCUT2D eigenvalue weighted by molar-refractivity contribution is 5.72. The number of benzene rings is 3. The molecule has 0 spiro atoms. The van der Waals surface area contributed by atoms with Crippen molar-refractivity contribution in [3.05, 3.63) is 108 Å². The van der Waals surface area contributed by atoms with Crippen molar-refractivity contribution < 1.29 is 14.6 Å². The van der Waals surface area contributed by atoms with Crippen LogP contribution in [0.1, 0.15) is 30.4 Å². The summed E-state index contributed by atoms with van der Waals surface area (Å²) in [5.74, 6) is 1.72. The summed E-state index contributed by atoms with van der Waals surface area (Å²) in [7, 11) is 0. The Kier molecular flexibility index (Phi) is 8.34. The molecule has 0 amide bonds. The lowest BCUT2D eigenvalue weighted by Gasteiger charge is -2.33. The number of hydrogen-bond acceptors (Lipinski definition) is 5. The largest absolute Gasteiger partial charge is 0.473 e. The van der Waals surface area contributed by atoms with Gasteiger partial charge in [0.15, 0.2) is 0 Å². The summed E-state index contributed by atoms with van der Waals surface area (Å²) in [6, 6.07) is 32.8. The molecule has 37 heavy (non-hydrogen) atoms. The Labute approximate surface area is 219 Å². The Bertz CT molecular complexity index is 1260. The maximum Gasteiger partial charge on any atom is 0.225 e. The minimum absolute atomic E-state index is 0.282. The van der Waals surface area contributed by atoms with Gasteiger partial charge in [-0.3, -0.25) is 0 Å². The smallest absolute Gasteiger partial charge is 0.225 e. The molecular weight excluding hydrogens is 460 g/mol. The number of aromatic nitrogens is 1. The average Bonchev–Trinajstić information content (AvgIpc) is 2.97. The number of nitrogens with zero attached hydrogens (tertiary/aromatic N) is 2. The lowest BCUT2D eigenvalue weighted by Crippen LogP contribution is -2.33. The van der Waals surface area contributed by atoms with E-state index in [1.165, 1.54) is 5.69 Å². The SMILES string of the molecule is OCCC1CCN(c2cccc(-c3ccc(OCc4ccccc4)nc3OCc3ccccc3)c2)CC1. The molecule has 5 nitrogen and oxygen atoms in total. The summed E-state index contributed by atoms with van der Waals surface area (Å²) >= 11 is 0. The number of anilines is 1. The Hall–Kier alpha value is -3.83. The van der Waals surface area contributed by atoms with E-state index in [1.54, 1.807) is 0 Å². The molecule has 190 valence electrons. The predicted octanol–water partition coefficient (Wildman–Crippen LogP) is 6.51. The molecule has 0 bridgehead atoms. The molecule has 3 aromatic carbocycles. The number of hydrogen-bond donors (Lipinski definition) is 1. The monoisotopic (exact) mass is 494 g/mol. The van der Waals surface area contributed by atoms with Crippen molar-refractivity contribution in [3.8, 4) is 22.9 Å². The Morgan fingerprint density at radius 2 is 1.43 bits per heavy atom. The average molecular weight is 495 g/mol. The summed E-state index contributed by atoms with van der Waals surface area (Å²) in [5.41, 5.74) is 5.40. The van der Waals surface area contributed by atoms with Crippen molar-refractivity contribution in [2.45, 2.75) is 32.5 Å². The fourth-order valence-corrected chi connectivity index (χ4v) is 4.82. The van der Waals surface area contributed by atoms with Gasteiger partial charge in [0.1, 0.15) is 13.2 Å². The molecule has 1 N–H and O–H groups in total. The Morgan fingerprint density at radius 1 is 0.757 bits per heavy atom. The van der Waals surface area contributed by atoms with Gasteiger partial charge in [0.2, 0.25) is 11.8 Å². The molecule has 2 heterocycles. The van der Waals surface area contributed by atoms with Crippen LogP contribution in [-0.4, -0.2) is 29.8 Å². The summed E-state index contributed by atoms with van der Waals surface area (Å²) < 4.78 is 12.3. The predicted molar refractivity (Wildman–Crippen MR) is 148 cm³/mol. The van der Waals surface area contributed by atoms with Crippen molar-refractivity contribution in [2.75, 3.05) is 24.6 Å². The highest BCUT2D eigenvalue weighted by Gasteiger charge is 2.20. The molecule has 1 aromatic heterocycles. The van der Waals surface area contributed by atoms with Crippen molar-refractivity contribution in [2.24, 2.45) is 5.92 Å². The molecule has 1 fully saturated rings. The molecule has 1 aliphatic rings. The van der Waals surface area contributed by atoms with E-state index in [-0.39, 0.29) is 6.61 Å². The Morgan fingerprint density at radius 3 is 2.11 bits per heavy atom. The lowest BCUT2D eigenvalue weighted by atomic mass is 9.93. The van der Waals surface area contributed by atoms with E-state index in [0.29, 0.717) is 30.9 Å². The van der Waals surface area contributed by atoms with Crippen LogP contribution in [0.5, 0.6) is 11.8 Å². The van der Waals surface area contributed by atoms with Gasteiger partial charge in [-0.25, -0.2) is 0 Å². The van der Waals surface area contributed by atoms with Crippen LogP contribution >= 0.6 is 0 Å². The van der Waals surface area contributed by atoms with Crippen LogP contribution in [0.15, 0.2) is 97.1 Å².